The van der Waals surface area contributed by atoms with Crippen LogP contribution in [0, 0.1) is 0 Å². The number of anilines is 2. The van der Waals surface area contributed by atoms with Crippen LogP contribution in [0.2, 0.25) is 0 Å². The van der Waals surface area contributed by atoms with Crippen molar-refractivity contribution >= 4 is 28.7 Å². The second-order valence-electron chi connectivity index (χ2n) is 7.67. The summed E-state index contributed by atoms with van der Waals surface area (Å²) in [6.45, 7) is 2.50. The molecule has 11 nitrogen and oxygen atoms in total. The fourth-order valence-electron chi connectivity index (χ4n) is 3.69. The Morgan fingerprint density at radius 1 is 1.12 bits per heavy atom. The fourth-order valence-corrected chi connectivity index (χ4v) is 3.69. The number of nitrogens with zero attached hydrogens (tertiary/aromatic N) is 7. The Balaban J connectivity index is 1.34. The molecule has 4 aromatic heterocycles. The van der Waals surface area contributed by atoms with Crippen LogP contribution >= 0.6 is 0 Å². The normalized spacial score (nSPS) is 11.1. The summed E-state index contributed by atoms with van der Waals surface area (Å²) in [5.74, 6) is 1.18. The monoisotopic (exact) mass is 457 g/mol. The number of rotatable bonds is 8. The van der Waals surface area contributed by atoms with Crippen molar-refractivity contribution in [3.63, 3.8) is 0 Å². The van der Waals surface area contributed by atoms with E-state index in [2.05, 4.69) is 36.9 Å². The van der Waals surface area contributed by atoms with E-state index in [-0.39, 0.29) is 12.5 Å². The number of aliphatic hydroxyl groups excluding tert-OH is 1. The Morgan fingerprint density at radius 2 is 2.03 bits per heavy atom. The molecule has 0 radical (unpaired) electrons. The van der Waals surface area contributed by atoms with E-state index in [0.29, 0.717) is 30.5 Å². The van der Waals surface area contributed by atoms with Gasteiger partial charge in [0.05, 0.1) is 18.2 Å². The third-order valence-corrected chi connectivity index (χ3v) is 5.38. The Bertz CT molecular complexity index is 1450. The summed E-state index contributed by atoms with van der Waals surface area (Å²) in [6, 6.07) is 9.97. The first-order valence-electron chi connectivity index (χ1n) is 10.7. The van der Waals surface area contributed by atoms with Crippen molar-refractivity contribution in [2.75, 3.05) is 17.3 Å². The minimum atomic E-state index is -0.129. The lowest BCUT2D eigenvalue weighted by atomic mass is 10.1. The Kier molecular flexibility index (Phi) is 5.75. The van der Waals surface area contributed by atoms with E-state index in [0.717, 1.165) is 22.1 Å². The van der Waals surface area contributed by atoms with E-state index in [1.54, 1.807) is 29.5 Å². The summed E-state index contributed by atoms with van der Waals surface area (Å²) in [5.41, 5.74) is 6.82. The predicted octanol–water partition coefficient (Wildman–Crippen LogP) is 2.63. The van der Waals surface area contributed by atoms with Crippen LogP contribution in [0.3, 0.4) is 0 Å². The molecule has 0 aliphatic rings. The highest BCUT2D eigenvalue weighted by Crippen LogP contribution is 2.23. The van der Waals surface area contributed by atoms with Gasteiger partial charge in [-0.1, -0.05) is 18.2 Å². The molecular formula is C23H23N9O2. The average molecular weight is 457 g/mol. The molecule has 5 aromatic rings. The molecule has 0 atom stereocenters. The van der Waals surface area contributed by atoms with Gasteiger partial charge in [-0.25, -0.2) is 24.3 Å². The molecule has 0 spiro atoms. The number of benzene rings is 1. The van der Waals surface area contributed by atoms with Gasteiger partial charge >= 0.3 is 0 Å². The van der Waals surface area contributed by atoms with Gasteiger partial charge in [0.15, 0.2) is 5.65 Å². The molecule has 0 saturated carbocycles. The van der Waals surface area contributed by atoms with E-state index >= 15 is 0 Å². The molecular weight excluding hydrogens is 434 g/mol. The molecule has 0 unspecified atom stereocenters. The van der Waals surface area contributed by atoms with Gasteiger partial charge in [0.2, 0.25) is 11.9 Å². The van der Waals surface area contributed by atoms with Crippen LogP contribution in [-0.4, -0.2) is 51.6 Å². The highest BCUT2D eigenvalue weighted by molar-refractivity contribution is 5.87. The largest absolute Gasteiger partial charge is 0.395 e. The van der Waals surface area contributed by atoms with Gasteiger partial charge in [-0.05, 0) is 23.3 Å². The third-order valence-electron chi connectivity index (χ3n) is 5.38. The molecule has 3 N–H and O–H groups in total. The van der Waals surface area contributed by atoms with Crippen molar-refractivity contribution < 1.29 is 9.90 Å². The maximum atomic E-state index is 11.5. The summed E-state index contributed by atoms with van der Waals surface area (Å²) < 4.78 is 4.91. The van der Waals surface area contributed by atoms with Crippen molar-refractivity contribution in [1.29, 1.82) is 0 Å². The lowest BCUT2D eigenvalue weighted by Gasteiger charge is -2.11. The maximum Gasteiger partial charge on any atom is 0.243 e. The van der Waals surface area contributed by atoms with Crippen LogP contribution < -0.4 is 10.7 Å². The first kappa shape index (κ1) is 21.3. The highest BCUT2D eigenvalue weighted by atomic mass is 16.3. The van der Waals surface area contributed by atoms with Crippen LogP contribution in [0.5, 0.6) is 0 Å². The van der Waals surface area contributed by atoms with Crippen molar-refractivity contribution in [2.24, 2.45) is 0 Å². The fraction of sp³-hybridized carbons (Fsp3) is 0.174. The number of imidazole rings is 1. The summed E-state index contributed by atoms with van der Waals surface area (Å²) in [4.78, 5) is 24.6. The van der Waals surface area contributed by atoms with E-state index in [1.165, 1.54) is 17.9 Å². The zero-order chi connectivity index (χ0) is 23.5. The van der Waals surface area contributed by atoms with E-state index in [1.807, 2.05) is 35.0 Å². The number of aromatic nitrogens is 7. The van der Waals surface area contributed by atoms with Crippen molar-refractivity contribution in [1.82, 2.24) is 34.0 Å². The lowest BCUT2D eigenvalue weighted by Crippen LogP contribution is -2.14. The predicted molar refractivity (Wildman–Crippen MR) is 127 cm³/mol. The number of carbonyl (C=O) groups excluding carboxylic acids is 1. The SMILES string of the molecule is CC(=O)n1cc(-c2cccc(CNc3ncnc4c3ccn4Nc3nccn3CCO)c2)cn1. The van der Waals surface area contributed by atoms with Crippen molar-refractivity contribution in [3.8, 4) is 11.1 Å². The zero-order valence-corrected chi connectivity index (χ0v) is 18.5. The van der Waals surface area contributed by atoms with Crippen LogP contribution in [0.15, 0.2) is 67.6 Å². The second-order valence-corrected chi connectivity index (χ2v) is 7.67. The molecule has 4 heterocycles. The number of hydrogen-bond donors (Lipinski definition) is 3. The van der Waals surface area contributed by atoms with Crippen molar-refractivity contribution in [2.45, 2.75) is 20.0 Å². The Morgan fingerprint density at radius 3 is 2.85 bits per heavy atom. The van der Waals surface area contributed by atoms with E-state index < -0.39 is 0 Å². The number of aliphatic hydroxyl groups is 1. The minimum Gasteiger partial charge on any atom is -0.395 e. The molecule has 34 heavy (non-hydrogen) atoms. The summed E-state index contributed by atoms with van der Waals surface area (Å²) >= 11 is 0. The quantitative estimate of drug-likeness (QED) is 0.324. The summed E-state index contributed by atoms with van der Waals surface area (Å²) in [7, 11) is 0. The third kappa shape index (κ3) is 4.24. The molecule has 0 saturated heterocycles. The van der Waals surface area contributed by atoms with Gasteiger partial charge in [-0.15, -0.1) is 0 Å². The minimum absolute atomic E-state index is 0.0218. The van der Waals surface area contributed by atoms with E-state index in [4.69, 9.17) is 0 Å². The maximum absolute atomic E-state index is 11.5. The topological polar surface area (TPSA) is 128 Å². The molecule has 11 heteroatoms. The zero-order valence-electron chi connectivity index (χ0n) is 18.5. The Labute approximate surface area is 194 Å². The average Bonchev–Trinajstić information content (AvgIpc) is 3.59. The van der Waals surface area contributed by atoms with E-state index in [9.17, 15) is 9.90 Å². The molecule has 1 aromatic carbocycles. The van der Waals surface area contributed by atoms with Gasteiger partial charge in [0.1, 0.15) is 12.1 Å². The molecule has 0 aliphatic heterocycles. The number of nitrogens with one attached hydrogen (secondary N) is 2. The second kappa shape index (κ2) is 9.16. The van der Waals surface area contributed by atoms with Gasteiger partial charge in [-0.3, -0.25) is 10.2 Å². The van der Waals surface area contributed by atoms with Gasteiger partial charge in [0, 0.05) is 50.4 Å². The van der Waals surface area contributed by atoms with Gasteiger partial charge in [-0.2, -0.15) is 5.10 Å². The molecule has 172 valence electrons. The summed E-state index contributed by atoms with van der Waals surface area (Å²) in [5, 5.41) is 17.6. The smallest absolute Gasteiger partial charge is 0.243 e. The van der Waals surface area contributed by atoms with Gasteiger partial charge < -0.3 is 15.0 Å². The number of fused-ring (bicyclic) bond motifs is 1. The van der Waals surface area contributed by atoms with Gasteiger partial charge in [0.25, 0.3) is 0 Å². The van der Waals surface area contributed by atoms with Crippen LogP contribution in [-0.2, 0) is 13.1 Å². The number of carbonyl (C=O) groups is 1. The lowest BCUT2D eigenvalue weighted by molar-refractivity contribution is 0.0921. The Hall–Kier alpha value is -4.51. The van der Waals surface area contributed by atoms with Crippen LogP contribution in [0.25, 0.3) is 22.2 Å². The molecule has 0 bridgehead atoms. The molecule has 0 fully saturated rings. The van der Waals surface area contributed by atoms with Crippen LogP contribution in [0.4, 0.5) is 11.8 Å². The molecule has 5 rings (SSSR count). The molecule has 0 aliphatic carbocycles. The van der Waals surface area contributed by atoms with Crippen LogP contribution in [0.1, 0.15) is 17.3 Å². The molecule has 0 amide bonds. The number of hydrogen-bond acceptors (Lipinski definition) is 8. The summed E-state index contributed by atoms with van der Waals surface area (Å²) in [6.07, 6.45) is 10.2. The van der Waals surface area contributed by atoms with Crippen molar-refractivity contribution in [3.05, 3.63) is 73.2 Å². The standard InChI is InChI=1S/C23H23N9O2/c1-16(34)32-14-19(13-28-32)18-4-2-3-17(11-18)12-25-21-20-5-7-31(22(20)27-15-26-21)29-23-24-6-8-30(23)9-10-33/h2-8,11,13-15,33H,9-10,12H2,1H3,(H,24,29)(H,25,26,27). The first-order valence-corrected chi connectivity index (χ1v) is 10.7. The first-order chi connectivity index (χ1) is 16.6. The highest BCUT2D eigenvalue weighted by Gasteiger charge is 2.11.